The van der Waals surface area contributed by atoms with Crippen LogP contribution in [0.5, 0.6) is 0 Å². The zero-order chi connectivity index (χ0) is 25.3. The van der Waals surface area contributed by atoms with Gasteiger partial charge in [0.2, 0.25) is 0 Å². The van der Waals surface area contributed by atoms with E-state index in [2.05, 4.69) is 67.3 Å². The monoisotopic (exact) mass is 512 g/mol. The van der Waals surface area contributed by atoms with Gasteiger partial charge in [-0.05, 0) is 99.9 Å². The molecule has 4 rings (SSSR count). The fourth-order valence-electron chi connectivity index (χ4n) is 5.50. The van der Waals surface area contributed by atoms with Gasteiger partial charge in [0.25, 0.3) is 0 Å². The van der Waals surface area contributed by atoms with Crippen LogP contribution in [0.15, 0.2) is 48.5 Å². The summed E-state index contributed by atoms with van der Waals surface area (Å²) in [5.74, 6) is 0. The summed E-state index contributed by atoms with van der Waals surface area (Å²) in [4.78, 5) is 2.35. The van der Waals surface area contributed by atoms with Crippen molar-refractivity contribution in [2.45, 2.75) is 101 Å². The first-order chi connectivity index (χ1) is 16.9. The maximum absolute atomic E-state index is 7.32. The molecule has 0 aromatic heterocycles. The quantitative estimate of drug-likeness (QED) is 0.281. The van der Waals surface area contributed by atoms with Gasteiger partial charge in [-0.15, -0.1) is 23.2 Å². The molecule has 0 bridgehead atoms. The normalized spacial score (nSPS) is 18.4. The van der Waals surface area contributed by atoms with E-state index in [1.807, 2.05) is 0 Å². The molecule has 2 aliphatic carbocycles. The molecule has 2 saturated carbocycles. The Kier molecular flexibility index (Phi) is 10.5. The van der Waals surface area contributed by atoms with Crippen LogP contribution in [-0.2, 0) is 22.6 Å². The van der Waals surface area contributed by atoms with E-state index >= 15 is 0 Å². The van der Waals surface area contributed by atoms with Crippen LogP contribution >= 0.6 is 23.2 Å². The van der Waals surface area contributed by atoms with Crippen molar-refractivity contribution in [3.63, 3.8) is 0 Å². The van der Waals surface area contributed by atoms with E-state index in [9.17, 15) is 0 Å². The molecule has 2 aromatic rings. The number of hydrogen-bond acceptors (Lipinski definition) is 2. The minimum atomic E-state index is -0.165. The smallest absolute Gasteiger partial charge is 0.0697 e. The number of alkyl halides is 2. The molecule has 0 aliphatic heterocycles. The first-order valence-corrected chi connectivity index (χ1v) is 14.2. The standard InChI is InChI=1S/C29H39Cl2N.C2H3N/c1-3-21-32(22-16-24-10-5-4-6-11-24)23(2)14-15-25-26(28(30)17-8-18-28)12-7-13-27(25)29(31)19-9-20-29;1-2-3/h4-7,10-13,23H,3,8-9,14-22H2,1-2H3;1H3. The van der Waals surface area contributed by atoms with Crippen LogP contribution in [0.2, 0.25) is 0 Å². The topological polar surface area (TPSA) is 27.0 Å². The third-order valence-electron chi connectivity index (χ3n) is 7.91. The second-order valence-corrected chi connectivity index (χ2v) is 11.8. The molecule has 0 amide bonds. The predicted octanol–water partition coefficient (Wildman–Crippen LogP) is 8.73. The summed E-state index contributed by atoms with van der Waals surface area (Å²) in [6, 6.07) is 19.9. The second kappa shape index (κ2) is 13.1. The average Bonchev–Trinajstić information content (AvgIpc) is 2.83. The van der Waals surface area contributed by atoms with Crippen LogP contribution in [0.3, 0.4) is 0 Å². The van der Waals surface area contributed by atoms with E-state index in [0.29, 0.717) is 6.04 Å². The van der Waals surface area contributed by atoms with Crippen molar-refractivity contribution in [1.29, 1.82) is 5.26 Å². The minimum Gasteiger partial charge on any atom is -0.300 e. The van der Waals surface area contributed by atoms with E-state index < -0.39 is 0 Å². The van der Waals surface area contributed by atoms with Gasteiger partial charge >= 0.3 is 0 Å². The van der Waals surface area contributed by atoms with Crippen molar-refractivity contribution in [3.05, 3.63) is 70.8 Å². The lowest BCUT2D eigenvalue weighted by Gasteiger charge is -2.42. The van der Waals surface area contributed by atoms with Gasteiger partial charge in [0, 0.05) is 19.5 Å². The molecule has 0 heterocycles. The molecule has 190 valence electrons. The second-order valence-electron chi connectivity index (χ2n) is 10.4. The van der Waals surface area contributed by atoms with Gasteiger partial charge < -0.3 is 4.90 Å². The number of benzene rings is 2. The maximum atomic E-state index is 7.32. The Balaban J connectivity index is 0.00000108. The van der Waals surface area contributed by atoms with Gasteiger partial charge in [-0.25, -0.2) is 0 Å². The van der Waals surface area contributed by atoms with Crippen LogP contribution in [0.1, 0.15) is 94.4 Å². The lowest BCUT2D eigenvalue weighted by Crippen LogP contribution is -2.37. The predicted molar refractivity (Wildman–Crippen MR) is 150 cm³/mol. The van der Waals surface area contributed by atoms with Crippen LogP contribution in [-0.4, -0.2) is 24.0 Å². The van der Waals surface area contributed by atoms with Crippen molar-refractivity contribution < 1.29 is 0 Å². The molecule has 0 saturated heterocycles. The summed E-state index contributed by atoms with van der Waals surface area (Å²) < 4.78 is 0. The molecular formula is C31H42Cl2N2. The Bertz CT molecular complexity index is 919. The van der Waals surface area contributed by atoms with Gasteiger partial charge in [-0.1, -0.05) is 55.5 Å². The van der Waals surface area contributed by atoms with Crippen molar-refractivity contribution in [2.24, 2.45) is 0 Å². The van der Waals surface area contributed by atoms with Gasteiger partial charge in [-0.3, -0.25) is 0 Å². The first-order valence-electron chi connectivity index (χ1n) is 13.5. The van der Waals surface area contributed by atoms with E-state index in [0.717, 1.165) is 58.0 Å². The van der Waals surface area contributed by atoms with Gasteiger partial charge in [0.05, 0.1) is 15.8 Å². The molecule has 2 nitrogen and oxygen atoms in total. The largest absolute Gasteiger partial charge is 0.300 e. The van der Waals surface area contributed by atoms with Crippen LogP contribution in [0.4, 0.5) is 0 Å². The van der Waals surface area contributed by atoms with Crippen molar-refractivity contribution in [1.82, 2.24) is 4.90 Å². The Morgan fingerprint density at radius 3 is 1.89 bits per heavy atom. The summed E-state index contributed by atoms with van der Waals surface area (Å²) in [6.45, 7) is 8.40. The summed E-state index contributed by atoms with van der Waals surface area (Å²) in [5.41, 5.74) is 5.63. The molecule has 4 heteroatoms. The maximum Gasteiger partial charge on any atom is 0.0697 e. The molecule has 0 radical (unpaired) electrons. The molecule has 2 aliphatic rings. The zero-order valence-electron chi connectivity index (χ0n) is 21.8. The summed E-state index contributed by atoms with van der Waals surface area (Å²) in [6.07, 6.45) is 11.4. The summed E-state index contributed by atoms with van der Waals surface area (Å²) in [5, 5.41) is 7.32. The molecular weight excluding hydrogens is 471 g/mol. The highest BCUT2D eigenvalue weighted by Crippen LogP contribution is 2.53. The third-order valence-corrected chi connectivity index (χ3v) is 9.07. The van der Waals surface area contributed by atoms with Crippen molar-refractivity contribution in [3.8, 4) is 6.07 Å². The number of nitriles is 1. The molecule has 1 atom stereocenters. The molecule has 35 heavy (non-hydrogen) atoms. The molecule has 0 N–H and O–H groups in total. The van der Waals surface area contributed by atoms with Gasteiger partial charge in [-0.2, -0.15) is 5.26 Å². The fraction of sp³-hybridized carbons (Fsp3) is 0.581. The molecule has 1 unspecified atom stereocenters. The SMILES string of the molecule is CC#N.CCCN(CCc1ccccc1)C(C)CCc1c(C2(Cl)CCC2)cccc1C1(Cl)CCC1. The minimum absolute atomic E-state index is 0.165. The highest BCUT2D eigenvalue weighted by Gasteiger charge is 2.43. The highest BCUT2D eigenvalue weighted by atomic mass is 35.5. The summed E-state index contributed by atoms with van der Waals surface area (Å²) in [7, 11) is 0. The van der Waals surface area contributed by atoms with Crippen molar-refractivity contribution >= 4 is 23.2 Å². The lowest BCUT2D eigenvalue weighted by atomic mass is 9.71. The van der Waals surface area contributed by atoms with Gasteiger partial charge in [0.15, 0.2) is 0 Å². The van der Waals surface area contributed by atoms with E-state index in [-0.39, 0.29) is 9.75 Å². The van der Waals surface area contributed by atoms with E-state index in [4.69, 9.17) is 28.5 Å². The molecule has 2 fully saturated rings. The lowest BCUT2D eigenvalue weighted by molar-refractivity contribution is 0.201. The Hall–Kier alpha value is -1.53. The van der Waals surface area contributed by atoms with Crippen LogP contribution < -0.4 is 0 Å². The van der Waals surface area contributed by atoms with Crippen LogP contribution in [0.25, 0.3) is 0 Å². The number of nitrogens with zero attached hydrogens (tertiary/aromatic N) is 2. The Morgan fingerprint density at radius 1 is 0.886 bits per heavy atom. The Labute approximate surface area is 223 Å². The highest BCUT2D eigenvalue weighted by molar-refractivity contribution is 6.25. The van der Waals surface area contributed by atoms with Crippen LogP contribution in [0, 0.1) is 11.3 Å². The molecule has 0 spiro atoms. The molecule has 2 aromatic carbocycles. The first kappa shape index (κ1) is 28.0. The number of rotatable bonds is 11. The zero-order valence-corrected chi connectivity index (χ0v) is 23.3. The number of halogens is 2. The third kappa shape index (κ3) is 7.03. The average molecular weight is 514 g/mol. The summed E-state index contributed by atoms with van der Waals surface area (Å²) >= 11 is 14.2. The number of hydrogen-bond donors (Lipinski definition) is 0. The Morgan fingerprint density at radius 2 is 1.43 bits per heavy atom. The van der Waals surface area contributed by atoms with Gasteiger partial charge in [0.1, 0.15) is 0 Å². The van der Waals surface area contributed by atoms with Crippen molar-refractivity contribution in [2.75, 3.05) is 13.1 Å². The van der Waals surface area contributed by atoms with E-state index in [1.165, 1.54) is 48.4 Å². The fourth-order valence-corrected chi connectivity index (χ4v) is 6.39. The van der Waals surface area contributed by atoms with E-state index in [1.54, 1.807) is 6.07 Å².